The molecule has 0 bridgehead atoms. The number of benzene rings is 1. The molecule has 1 amide bonds. The first-order chi connectivity index (χ1) is 8.16. The number of nitrogens with two attached hydrogens (primary N) is 1. The van der Waals surface area contributed by atoms with Crippen molar-refractivity contribution in [3.63, 3.8) is 0 Å². The van der Waals surface area contributed by atoms with Gasteiger partial charge in [-0.25, -0.2) is 0 Å². The van der Waals surface area contributed by atoms with Crippen LogP contribution in [0.2, 0.25) is 5.02 Å². The Balaban J connectivity index is 2.08. The second kappa shape index (κ2) is 5.65. The zero-order valence-corrected chi connectivity index (χ0v) is 11.0. The molecule has 1 aliphatic rings. The molecule has 1 saturated heterocycles. The number of hydrogen-bond acceptors (Lipinski definition) is 3. The fourth-order valence-corrected chi connectivity index (χ4v) is 3.15. The maximum Gasteiger partial charge on any atom is 0.233 e. The minimum absolute atomic E-state index is 0.0165. The summed E-state index contributed by atoms with van der Waals surface area (Å²) >= 11 is 7.52. The highest BCUT2D eigenvalue weighted by atomic mass is 35.5. The number of rotatable bonds is 2. The van der Waals surface area contributed by atoms with Crippen molar-refractivity contribution < 1.29 is 4.79 Å². The van der Waals surface area contributed by atoms with Gasteiger partial charge in [-0.3, -0.25) is 4.79 Å². The van der Waals surface area contributed by atoms with Crippen molar-refractivity contribution in [1.29, 1.82) is 0 Å². The van der Waals surface area contributed by atoms with Gasteiger partial charge in [0, 0.05) is 11.4 Å². The molecule has 5 heteroatoms. The van der Waals surface area contributed by atoms with Crippen LogP contribution in [0.25, 0.3) is 0 Å². The third-order valence-corrected chi connectivity index (χ3v) is 4.32. The third kappa shape index (κ3) is 3.30. The standard InChI is InChI=1S/C12H15ClN2OS/c13-9-7-8(4-5-10(9)14)17-11-3-1-2-6-15-12(11)16/h4-5,7,11H,1-3,6,14H2,(H,15,16). The monoisotopic (exact) mass is 270 g/mol. The fraction of sp³-hybridized carbons (Fsp3) is 0.417. The molecule has 1 atom stereocenters. The van der Waals surface area contributed by atoms with Crippen molar-refractivity contribution >= 4 is 35.0 Å². The number of nitrogen functional groups attached to an aromatic ring is 1. The summed E-state index contributed by atoms with van der Waals surface area (Å²) in [6.07, 6.45) is 3.06. The van der Waals surface area contributed by atoms with E-state index in [1.807, 2.05) is 12.1 Å². The lowest BCUT2D eigenvalue weighted by atomic mass is 10.2. The van der Waals surface area contributed by atoms with E-state index < -0.39 is 0 Å². The number of halogens is 1. The molecular weight excluding hydrogens is 256 g/mol. The quantitative estimate of drug-likeness (QED) is 0.813. The van der Waals surface area contributed by atoms with Crippen molar-refractivity contribution in [3.05, 3.63) is 23.2 Å². The summed E-state index contributed by atoms with van der Waals surface area (Å²) in [5, 5.41) is 3.45. The number of carbonyl (C=O) groups is 1. The van der Waals surface area contributed by atoms with Gasteiger partial charge in [0.2, 0.25) is 5.91 Å². The van der Waals surface area contributed by atoms with Crippen LogP contribution in [-0.2, 0) is 4.79 Å². The molecular formula is C12H15ClN2OS. The SMILES string of the molecule is Nc1ccc(SC2CCCCNC2=O)cc1Cl. The Bertz CT molecular complexity index is 425. The molecule has 1 aromatic rings. The van der Waals surface area contributed by atoms with Gasteiger partial charge in [0.05, 0.1) is 16.0 Å². The maximum atomic E-state index is 11.8. The molecule has 1 heterocycles. The average Bonchev–Trinajstić information content (AvgIpc) is 2.50. The van der Waals surface area contributed by atoms with Gasteiger partial charge in [-0.1, -0.05) is 18.0 Å². The van der Waals surface area contributed by atoms with E-state index in [2.05, 4.69) is 5.32 Å². The molecule has 2 rings (SSSR count). The normalized spacial score (nSPS) is 20.8. The van der Waals surface area contributed by atoms with Gasteiger partial charge >= 0.3 is 0 Å². The zero-order valence-electron chi connectivity index (χ0n) is 9.41. The second-order valence-electron chi connectivity index (χ2n) is 4.08. The second-order valence-corrected chi connectivity index (χ2v) is 5.76. The molecule has 1 fully saturated rings. The van der Waals surface area contributed by atoms with Gasteiger partial charge in [0.1, 0.15) is 0 Å². The lowest BCUT2D eigenvalue weighted by Gasteiger charge is -2.13. The van der Waals surface area contributed by atoms with Crippen LogP contribution in [0.1, 0.15) is 19.3 Å². The van der Waals surface area contributed by atoms with Crippen LogP contribution in [-0.4, -0.2) is 17.7 Å². The third-order valence-electron chi connectivity index (χ3n) is 2.74. The van der Waals surface area contributed by atoms with Crippen LogP contribution >= 0.6 is 23.4 Å². The van der Waals surface area contributed by atoms with Crippen molar-refractivity contribution in [2.24, 2.45) is 0 Å². The minimum Gasteiger partial charge on any atom is -0.398 e. The number of hydrogen-bond donors (Lipinski definition) is 2. The summed E-state index contributed by atoms with van der Waals surface area (Å²) in [6.45, 7) is 0.790. The minimum atomic E-state index is -0.0165. The molecule has 0 saturated carbocycles. The highest BCUT2D eigenvalue weighted by Gasteiger charge is 2.21. The van der Waals surface area contributed by atoms with Crippen LogP contribution in [0.3, 0.4) is 0 Å². The highest BCUT2D eigenvalue weighted by molar-refractivity contribution is 8.00. The maximum absolute atomic E-state index is 11.8. The van der Waals surface area contributed by atoms with E-state index in [4.69, 9.17) is 17.3 Å². The van der Waals surface area contributed by atoms with Crippen molar-refractivity contribution in [2.75, 3.05) is 12.3 Å². The molecule has 3 nitrogen and oxygen atoms in total. The van der Waals surface area contributed by atoms with E-state index in [9.17, 15) is 4.79 Å². The van der Waals surface area contributed by atoms with Crippen LogP contribution in [0, 0.1) is 0 Å². The Morgan fingerprint density at radius 3 is 3.00 bits per heavy atom. The van der Waals surface area contributed by atoms with Gasteiger partial charge in [0.25, 0.3) is 0 Å². The molecule has 0 aliphatic carbocycles. The zero-order chi connectivity index (χ0) is 12.3. The predicted octanol–water partition coefficient (Wildman–Crippen LogP) is 2.68. The first kappa shape index (κ1) is 12.6. The van der Waals surface area contributed by atoms with E-state index in [0.717, 1.165) is 30.7 Å². The Morgan fingerprint density at radius 2 is 2.24 bits per heavy atom. The topological polar surface area (TPSA) is 55.1 Å². The van der Waals surface area contributed by atoms with Crippen LogP contribution in [0.4, 0.5) is 5.69 Å². The van der Waals surface area contributed by atoms with E-state index in [1.165, 1.54) is 0 Å². The van der Waals surface area contributed by atoms with E-state index in [1.54, 1.807) is 17.8 Å². The van der Waals surface area contributed by atoms with Crippen molar-refractivity contribution in [1.82, 2.24) is 5.32 Å². The summed E-state index contributed by atoms with van der Waals surface area (Å²) < 4.78 is 0. The Morgan fingerprint density at radius 1 is 1.41 bits per heavy atom. The lowest BCUT2D eigenvalue weighted by Crippen LogP contribution is -2.30. The van der Waals surface area contributed by atoms with Gasteiger partial charge in [-0.15, -0.1) is 11.8 Å². The Kier molecular flexibility index (Phi) is 4.18. The summed E-state index contributed by atoms with van der Waals surface area (Å²) in [5.74, 6) is 0.125. The highest BCUT2D eigenvalue weighted by Crippen LogP contribution is 2.31. The number of amides is 1. The van der Waals surface area contributed by atoms with E-state index in [0.29, 0.717) is 10.7 Å². The molecule has 1 unspecified atom stereocenters. The van der Waals surface area contributed by atoms with E-state index in [-0.39, 0.29) is 11.2 Å². The van der Waals surface area contributed by atoms with Gasteiger partial charge < -0.3 is 11.1 Å². The Labute approximate surface area is 110 Å². The summed E-state index contributed by atoms with van der Waals surface area (Å²) in [7, 11) is 0. The molecule has 17 heavy (non-hydrogen) atoms. The van der Waals surface area contributed by atoms with Crippen molar-refractivity contribution in [2.45, 2.75) is 29.4 Å². The summed E-state index contributed by atoms with van der Waals surface area (Å²) in [6, 6.07) is 5.50. The summed E-state index contributed by atoms with van der Waals surface area (Å²) in [4.78, 5) is 12.8. The number of anilines is 1. The Hall–Kier alpha value is -0.870. The molecule has 0 radical (unpaired) electrons. The molecule has 0 aromatic heterocycles. The largest absolute Gasteiger partial charge is 0.398 e. The molecule has 1 aliphatic heterocycles. The molecule has 1 aromatic carbocycles. The smallest absolute Gasteiger partial charge is 0.233 e. The number of carbonyl (C=O) groups excluding carboxylic acids is 1. The van der Waals surface area contributed by atoms with Crippen LogP contribution in [0.15, 0.2) is 23.1 Å². The molecule has 92 valence electrons. The average molecular weight is 271 g/mol. The first-order valence-corrected chi connectivity index (χ1v) is 6.92. The fourth-order valence-electron chi connectivity index (χ4n) is 1.77. The van der Waals surface area contributed by atoms with Gasteiger partial charge in [-0.05, 0) is 31.0 Å². The number of nitrogens with one attached hydrogen (secondary N) is 1. The van der Waals surface area contributed by atoms with Crippen molar-refractivity contribution in [3.8, 4) is 0 Å². The predicted molar refractivity (Wildman–Crippen MR) is 72.4 cm³/mol. The lowest BCUT2D eigenvalue weighted by molar-refractivity contribution is -0.120. The van der Waals surface area contributed by atoms with Crippen LogP contribution < -0.4 is 11.1 Å². The molecule has 3 N–H and O–H groups in total. The van der Waals surface area contributed by atoms with Gasteiger partial charge in [0.15, 0.2) is 0 Å². The first-order valence-electron chi connectivity index (χ1n) is 5.66. The van der Waals surface area contributed by atoms with E-state index >= 15 is 0 Å². The van der Waals surface area contributed by atoms with Crippen LogP contribution in [0.5, 0.6) is 0 Å². The summed E-state index contributed by atoms with van der Waals surface area (Å²) in [5.41, 5.74) is 6.22. The number of thioether (sulfide) groups is 1. The van der Waals surface area contributed by atoms with Gasteiger partial charge in [-0.2, -0.15) is 0 Å². The molecule has 0 spiro atoms.